The number of pyridine rings is 1. The molecule has 6 heteroatoms. The third-order valence-corrected chi connectivity index (χ3v) is 3.88. The predicted octanol–water partition coefficient (Wildman–Crippen LogP) is 1.31. The Labute approximate surface area is 109 Å². The Bertz CT molecular complexity index is 496. The minimum atomic E-state index is -0.677. The summed E-state index contributed by atoms with van der Waals surface area (Å²) in [7, 11) is 0. The number of amides is 1. The number of halogens is 2. The first-order valence-electron chi connectivity index (χ1n) is 5.98. The second-order valence-corrected chi connectivity index (χ2v) is 5.31. The lowest BCUT2D eigenvalue weighted by atomic mass is 10.00. The van der Waals surface area contributed by atoms with Gasteiger partial charge in [0.1, 0.15) is 0 Å². The first-order chi connectivity index (χ1) is 8.63. The van der Waals surface area contributed by atoms with Crippen molar-refractivity contribution in [2.75, 3.05) is 19.6 Å². The van der Waals surface area contributed by atoms with Crippen LogP contribution in [0.25, 0.3) is 0 Å². The normalized spacial score (nSPS) is 29.6. The Morgan fingerprint density at radius 3 is 3.00 bits per heavy atom. The summed E-state index contributed by atoms with van der Waals surface area (Å²) in [6.07, 6.45) is 2.38. The van der Waals surface area contributed by atoms with Gasteiger partial charge in [-0.15, -0.1) is 0 Å². The summed E-state index contributed by atoms with van der Waals surface area (Å²) in [6, 6.07) is 1.22. The molecule has 1 amide bonds. The summed E-state index contributed by atoms with van der Waals surface area (Å²) in [5.41, 5.74) is -0.183. The van der Waals surface area contributed by atoms with Crippen LogP contribution in [-0.4, -0.2) is 41.5 Å². The maximum atomic E-state index is 13.5. The number of aromatic nitrogens is 1. The maximum Gasteiger partial charge on any atom is 0.273 e. The predicted molar refractivity (Wildman–Crippen MR) is 65.0 cm³/mol. The second kappa shape index (κ2) is 4.48. The second-order valence-electron chi connectivity index (χ2n) is 4.87. The van der Waals surface area contributed by atoms with Crippen molar-refractivity contribution >= 4 is 17.5 Å². The molecule has 0 spiro atoms. The minimum absolute atomic E-state index is 0.114. The number of piperidine rings is 1. The molecule has 18 heavy (non-hydrogen) atoms. The summed E-state index contributed by atoms with van der Waals surface area (Å²) in [5, 5.41) is 3.05. The van der Waals surface area contributed by atoms with Crippen LogP contribution in [0.1, 0.15) is 16.9 Å². The molecule has 0 aromatic carbocycles. The molecule has 2 unspecified atom stereocenters. The molecule has 2 bridgehead atoms. The van der Waals surface area contributed by atoms with E-state index >= 15 is 0 Å². The van der Waals surface area contributed by atoms with Gasteiger partial charge in [0.15, 0.2) is 11.5 Å². The third-order valence-electron chi connectivity index (χ3n) is 3.67. The fourth-order valence-electron chi connectivity index (χ4n) is 2.77. The molecular weight excluding hydrogens is 257 g/mol. The van der Waals surface area contributed by atoms with Gasteiger partial charge in [-0.25, -0.2) is 9.37 Å². The molecule has 96 valence electrons. The third kappa shape index (κ3) is 2.08. The number of carbonyl (C=O) groups is 1. The number of rotatable bonds is 2. The van der Waals surface area contributed by atoms with Crippen LogP contribution in [0.5, 0.6) is 0 Å². The van der Waals surface area contributed by atoms with E-state index in [9.17, 15) is 9.18 Å². The molecule has 0 aliphatic carbocycles. The van der Waals surface area contributed by atoms with Gasteiger partial charge in [0.25, 0.3) is 5.91 Å². The van der Waals surface area contributed by atoms with Gasteiger partial charge in [-0.05, 0) is 24.9 Å². The van der Waals surface area contributed by atoms with E-state index in [1.165, 1.54) is 6.20 Å². The number of hydrogen-bond acceptors (Lipinski definition) is 3. The zero-order valence-corrected chi connectivity index (χ0v) is 10.5. The van der Waals surface area contributed by atoms with Crippen LogP contribution in [0.4, 0.5) is 4.39 Å². The molecule has 1 N–H and O–H groups in total. The molecule has 0 saturated carbocycles. The molecule has 0 radical (unpaired) electrons. The van der Waals surface area contributed by atoms with E-state index in [0.717, 1.165) is 32.1 Å². The van der Waals surface area contributed by atoms with Crippen LogP contribution in [0.15, 0.2) is 12.3 Å². The number of nitrogens with zero attached hydrogens (tertiary/aromatic N) is 2. The van der Waals surface area contributed by atoms with Crippen molar-refractivity contribution in [3.05, 3.63) is 28.8 Å². The first-order valence-corrected chi connectivity index (χ1v) is 6.35. The molecule has 2 aliphatic heterocycles. The summed E-state index contributed by atoms with van der Waals surface area (Å²) < 4.78 is 13.5. The Morgan fingerprint density at radius 2 is 2.39 bits per heavy atom. The maximum absolute atomic E-state index is 13.5. The van der Waals surface area contributed by atoms with Crippen molar-refractivity contribution in [2.45, 2.75) is 12.5 Å². The van der Waals surface area contributed by atoms with Crippen molar-refractivity contribution < 1.29 is 9.18 Å². The van der Waals surface area contributed by atoms with Gasteiger partial charge in [-0.2, -0.15) is 0 Å². The number of carbonyl (C=O) groups excluding carboxylic acids is 1. The van der Waals surface area contributed by atoms with Crippen molar-refractivity contribution in [1.82, 2.24) is 15.2 Å². The van der Waals surface area contributed by atoms with Crippen LogP contribution in [0.3, 0.4) is 0 Å². The van der Waals surface area contributed by atoms with E-state index in [1.54, 1.807) is 0 Å². The molecule has 1 aromatic heterocycles. The summed E-state index contributed by atoms with van der Waals surface area (Å²) in [6.45, 7) is 2.98. The Balaban J connectivity index is 1.71. The molecule has 2 saturated heterocycles. The van der Waals surface area contributed by atoms with Crippen molar-refractivity contribution in [1.29, 1.82) is 0 Å². The van der Waals surface area contributed by atoms with Gasteiger partial charge in [0, 0.05) is 25.3 Å². The minimum Gasteiger partial charge on any atom is -0.346 e. The van der Waals surface area contributed by atoms with Crippen LogP contribution < -0.4 is 5.32 Å². The topological polar surface area (TPSA) is 45.2 Å². The van der Waals surface area contributed by atoms with Crippen LogP contribution >= 0.6 is 11.6 Å². The van der Waals surface area contributed by atoms with E-state index in [2.05, 4.69) is 15.2 Å². The lowest BCUT2D eigenvalue weighted by Crippen LogP contribution is -2.43. The largest absolute Gasteiger partial charge is 0.346 e. The quantitative estimate of drug-likeness (QED) is 0.880. The fourth-order valence-corrected chi connectivity index (χ4v) is 2.91. The highest BCUT2D eigenvalue weighted by molar-refractivity contribution is 6.30. The zero-order valence-electron chi connectivity index (χ0n) is 9.70. The van der Waals surface area contributed by atoms with Gasteiger partial charge >= 0.3 is 0 Å². The van der Waals surface area contributed by atoms with Gasteiger partial charge in [-0.3, -0.25) is 4.79 Å². The zero-order chi connectivity index (χ0) is 12.7. The molecular formula is C12H13ClFN3O. The SMILES string of the molecule is O=C(NC1CN2CC[C@H]1C2)c1ncc(Cl)cc1F. The van der Waals surface area contributed by atoms with E-state index in [0.29, 0.717) is 5.92 Å². The molecule has 3 atom stereocenters. The van der Waals surface area contributed by atoms with E-state index < -0.39 is 11.7 Å². The lowest BCUT2D eigenvalue weighted by molar-refractivity contribution is 0.0915. The van der Waals surface area contributed by atoms with E-state index in [-0.39, 0.29) is 16.8 Å². The average molecular weight is 270 g/mol. The molecule has 4 nitrogen and oxygen atoms in total. The van der Waals surface area contributed by atoms with Crippen LogP contribution in [0.2, 0.25) is 5.02 Å². The fraction of sp³-hybridized carbons (Fsp3) is 0.500. The highest BCUT2D eigenvalue weighted by atomic mass is 35.5. The highest BCUT2D eigenvalue weighted by Crippen LogP contribution is 2.27. The number of hydrogen-bond donors (Lipinski definition) is 1. The van der Waals surface area contributed by atoms with Gasteiger partial charge in [0.05, 0.1) is 5.02 Å². The highest BCUT2D eigenvalue weighted by Gasteiger charge is 2.39. The monoisotopic (exact) mass is 269 g/mol. The standard InChI is InChI=1S/C12H13ClFN3O/c13-8-3-9(14)11(15-4-8)12(18)16-10-6-17-2-1-7(10)5-17/h3-4,7,10H,1-2,5-6H2,(H,16,18)/t7-,10?/m0/s1. The molecule has 2 aliphatic rings. The summed E-state index contributed by atoms with van der Waals surface area (Å²) in [5.74, 6) is -0.643. The number of nitrogens with one attached hydrogen (secondary N) is 1. The van der Waals surface area contributed by atoms with Crippen molar-refractivity contribution in [3.8, 4) is 0 Å². The molecule has 3 rings (SSSR count). The van der Waals surface area contributed by atoms with Crippen LogP contribution in [-0.2, 0) is 0 Å². The van der Waals surface area contributed by atoms with Crippen molar-refractivity contribution in [3.63, 3.8) is 0 Å². The number of fused-ring (bicyclic) bond motifs is 2. The first kappa shape index (κ1) is 11.9. The molecule has 1 aromatic rings. The van der Waals surface area contributed by atoms with E-state index in [4.69, 9.17) is 11.6 Å². The lowest BCUT2D eigenvalue weighted by Gasteiger charge is -2.22. The van der Waals surface area contributed by atoms with Crippen molar-refractivity contribution in [2.24, 2.45) is 5.92 Å². The molecule has 3 heterocycles. The summed E-state index contributed by atoms with van der Waals surface area (Å²) in [4.78, 5) is 18.0. The Kier molecular flexibility index (Phi) is 2.95. The van der Waals surface area contributed by atoms with E-state index in [1.807, 2.05) is 0 Å². The van der Waals surface area contributed by atoms with Crippen LogP contribution in [0, 0.1) is 11.7 Å². The van der Waals surface area contributed by atoms with Gasteiger partial charge in [-0.1, -0.05) is 11.6 Å². The average Bonchev–Trinajstić information content (AvgIpc) is 2.90. The Hall–Kier alpha value is -1.20. The smallest absolute Gasteiger partial charge is 0.273 e. The van der Waals surface area contributed by atoms with Gasteiger partial charge < -0.3 is 10.2 Å². The van der Waals surface area contributed by atoms with Gasteiger partial charge in [0.2, 0.25) is 0 Å². The molecule has 2 fully saturated rings. The summed E-state index contributed by atoms with van der Waals surface area (Å²) >= 11 is 5.60. The Morgan fingerprint density at radius 1 is 1.56 bits per heavy atom.